The lowest BCUT2D eigenvalue weighted by molar-refractivity contribution is -0.125. The van der Waals surface area contributed by atoms with Crippen molar-refractivity contribution in [3.63, 3.8) is 0 Å². The first kappa shape index (κ1) is 23.3. The number of carbonyl (C=O) groups excluding carboxylic acids is 2. The zero-order chi connectivity index (χ0) is 21.4. The minimum atomic E-state index is -3.72. The highest BCUT2D eigenvalue weighted by Crippen LogP contribution is 2.21. The zero-order valence-electron chi connectivity index (χ0n) is 17.5. The summed E-state index contributed by atoms with van der Waals surface area (Å²) in [6, 6.07) is 4.36. The predicted octanol–water partition coefficient (Wildman–Crippen LogP) is 3.07. The molecule has 2 rings (SSSR count). The van der Waals surface area contributed by atoms with Gasteiger partial charge in [-0.25, -0.2) is 17.9 Å². The van der Waals surface area contributed by atoms with E-state index in [0.717, 1.165) is 44.9 Å². The second-order valence-corrected chi connectivity index (χ2v) is 9.30. The van der Waals surface area contributed by atoms with E-state index in [4.69, 9.17) is 4.74 Å². The molecule has 1 aromatic rings. The molecule has 0 aliphatic heterocycles. The molecule has 2 N–H and O–H groups in total. The number of benzene rings is 1. The molecular weight excluding hydrogens is 392 g/mol. The highest BCUT2D eigenvalue weighted by atomic mass is 32.2. The Kier molecular flexibility index (Phi) is 8.64. The van der Waals surface area contributed by atoms with E-state index in [0.29, 0.717) is 5.56 Å². The van der Waals surface area contributed by atoms with Crippen LogP contribution in [0.2, 0.25) is 0 Å². The van der Waals surface area contributed by atoms with Crippen molar-refractivity contribution in [3.8, 4) is 0 Å². The van der Waals surface area contributed by atoms with Crippen molar-refractivity contribution in [2.75, 3.05) is 6.61 Å². The fourth-order valence-electron chi connectivity index (χ4n) is 3.47. The lowest BCUT2D eigenvalue weighted by Gasteiger charge is -2.22. The number of hydrogen-bond donors (Lipinski definition) is 2. The van der Waals surface area contributed by atoms with Gasteiger partial charge >= 0.3 is 5.97 Å². The van der Waals surface area contributed by atoms with Crippen molar-refractivity contribution in [2.45, 2.75) is 82.7 Å². The van der Waals surface area contributed by atoms with Crippen LogP contribution in [-0.4, -0.2) is 39.0 Å². The molecule has 1 fully saturated rings. The number of nitrogens with one attached hydrogen (secondary N) is 2. The Bertz CT molecular complexity index is 812. The molecule has 0 saturated heterocycles. The molecule has 0 aromatic heterocycles. The first-order chi connectivity index (χ1) is 13.8. The Labute approximate surface area is 173 Å². The molecule has 0 atom stereocenters. The topological polar surface area (TPSA) is 102 Å². The van der Waals surface area contributed by atoms with Crippen LogP contribution in [0.5, 0.6) is 0 Å². The van der Waals surface area contributed by atoms with E-state index in [1.165, 1.54) is 12.1 Å². The highest BCUT2D eigenvalue weighted by Gasteiger charge is 2.24. The fraction of sp³-hybridized carbons (Fsp3) is 0.619. The SMILES string of the molecule is CCC(CC)NC(=O)COC(=O)c1cc(S(=O)(=O)NC2CCCCC2)ccc1C. The van der Waals surface area contributed by atoms with Gasteiger partial charge in [0.05, 0.1) is 10.5 Å². The third kappa shape index (κ3) is 6.82. The Morgan fingerprint density at radius 2 is 1.79 bits per heavy atom. The van der Waals surface area contributed by atoms with Crippen molar-refractivity contribution < 1.29 is 22.7 Å². The molecule has 1 saturated carbocycles. The standard InChI is InChI=1S/C21H32N2O5S/c1-4-16(5-2)22-20(24)14-28-21(25)19-13-18(12-11-15(19)3)29(26,27)23-17-9-7-6-8-10-17/h11-13,16-17,23H,4-10,14H2,1-3H3,(H,22,24). The van der Waals surface area contributed by atoms with Crippen LogP contribution in [0, 0.1) is 6.92 Å². The number of carbonyl (C=O) groups is 2. The quantitative estimate of drug-likeness (QED) is 0.593. The number of hydrogen-bond acceptors (Lipinski definition) is 5. The summed E-state index contributed by atoms with van der Waals surface area (Å²) in [7, 11) is -3.72. The molecule has 162 valence electrons. The molecule has 0 radical (unpaired) electrons. The van der Waals surface area contributed by atoms with Crippen LogP contribution < -0.4 is 10.0 Å². The van der Waals surface area contributed by atoms with Gasteiger partial charge in [0.1, 0.15) is 0 Å². The van der Waals surface area contributed by atoms with E-state index in [2.05, 4.69) is 10.0 Å². The third-order valence-electron chi connectivity index (χ3n) is 5.35. The summed E-state index contributed by atoms with van der Waals surface area (Å²) in [6.07, 6.45) is 6.39. The van der Waals surface area contributed by atoms with E-state index in [1.807, 2.05) is 13.8 Å². The Morgan fingerprint density at radius 1 is 1.14 bits per heavy atom. The Morgan fingerprint density at radius 3 is 2.41 bits per heavy atom. The summed E-state index contributed by atoms with van der Waals surface area (Å²) >= 11 is 0. The van der Waals surface area contributed by atoms with Gasteiger partial charge in [-0.1, -0.05) is 39.2 Å². The third-order valence-corrected chi connectivity index (χ3v) is 6.87. The maximum Gasteiger partial charge on any atom is 0.338 e. The first-order valence-corrected chi connectivity index (χ1v) is 11.8. The summed E-state index contributed by atoms with van der Waals surface area (Å²) in [5.74, 6) is -1.08. The minimum Gasteiger partial charge on any atom is -0.452 e. The van der Waals surface area contributed by atoms with Crippen LogP contribution in [-0.2, 0) is 19.6 Å². The number of sulfonamides is 1. The number of amides is 1. The summed E-state index contributed by atoms with van der Waals surface area (Å²) in [4.78, 5) is 24.4. The summed E-state index contributed by atoms with van der Waals surface area (Å²) in [5, 5.41) is 2.80. The van der Waals surface area contributed by atoms with E-state index in [9.17, 15) is 18.0 Å². The van der Waals surface area contributed by atoms with Crippen LogP contribution in [0.25, 0.3) is 0 Å². The molecule has 1 aliphatic carbocycles. The van der Waals surface area contributed by atoms with E-state index in [1.54, 1.807) is 13.0 Å². The van der Waals surface area contributed by atoms with Gasteiger partial charge in [0.2, 0.25) is 10.0 Å². The van der Waals surface area contributed by atoms with Gasteiger partial charge < -0.3 is 10.1 Å². The smallest absolute Gasteiger partial charge is 0.338 e. The van der Waals surface area contributed by atoms with Gasteiger partial charge in [-0.05, 0) is 50.3 Å². The molecule has 0 unspecified atom stereocenters. The average molecular weight is 425 g/mol. The van der Waals surface area contributed by atoms with Gasteiger partial charge in [0.25, 0.3) is 5.91 Å². The lowest BCUT2D eigenvalue weighted by Crippen LogP contribution is -2.37. The van der Waals surface area contributed by atoms with E-state index < -0.39 is 22.6 Å². The summed E-state index contributed by atoms with van der Waals surface area (Å²) in [6.45, 7) is 5.24. The van der Waals surface area contributed by atoms with E-state index in [-0.39, 0.29) is 28.4 Å². The Hall–Kier alpha value is -1.93. The predicted molar refractivity (Wildman–Crippen MR) is 111 cm³/mol. The molecule has 0 heterocycles. The number of esters is 1. The van der Waals surface area contributed by atoms with E-state index >= 15 is 0 Å². The lowest BCUT2D eigenvalue weighted by atomic mass is 9.96. The van der Waals surface area contributed by atoms with Crippen LogP contribution >= 0.6 is 0 Å². The molecule has 0 bridgehead atoms. The highest BCUT2D eigenvalue weighted by molar-refractivity contribution is 7.89. The van der Waals surface area contributed by atoms with Crippen LogP contribution in [0.3, 0.4) is 0 Å². The monoisotopic (exact) mass is 424 g/mol. The Balaban J connectivity index is 2.05. The van der Waals surface area contributed by atoms with Gasteiger partial charge in [-0.3, -0.25) is 4.79 Å². The maximum atomic E-state index is 12.7. The molecule has 1 amide bonds. The molecule has 29 heavy (non-hydrogen) atoms. The van der Waals surface area contributed by atoms with Crippen molar-refractivity contribution in [1.82, 2.24) is 10.0 Å². The molecule has 1 aliphatic rings. The summed E-state index contributed by atoms with van der Waals surface area (Å²) in [5.41, 5.74) is 0.735. The zero-order valence-corrected chi connectivity index (χ0v) is 18.3. The average Bonchev–Trinajstić information content (AvgIpc) is 2.70. The van der Waals surface area contributed by atoms with Gasteiger partial charge in [0, 0.05) is 12.1 Å². The molecule has 1 aromatic carbocycles. The second kappa shape index (κ2) is 10.7. The molecular formula is C21H32N2O5S. The number of aryl methyl sites for hydroxylation is 1. The normalized spacial score (nSPS) is 15.3. The molecule has 7 nitrogen and oxygen atoms in total. The fourth-order valence-corrected chi connectivity index (χ4v) is 4.80. The second-order valence-electron chi connectivity index (χ2n) is 7.59. The van der Waals surface area contributed by atoms with Crippen LogP contribution in [0.15, 0.2) is 23.1 Å². The number of rotatable bonds is 9. The van der Waals surface area contributed by atoms with Gasteiger partial charge in [-0.2, -0.15) is 0 Å². The summed E-state index contributed by atoms with van der Waals surface area (Å²) < 4.78 is 33.3. The van der Waals surface area contributed by atoms with Gasteiger partial charge in [0.15, 0.2) is 6.61 Å². The molecule has 0 spiro atoms. The van der Waals surface area contributed by atoms with Crippen LogP contribution in [0.1, 0.15) is 74.7 Å². The maximum absolute atomic E-state index is 12.7. The van der Waals surface area contributed by atoms with Crippen molar-refractivity contribution >= 4 is 21.9 Å². The largest absolute Gasteiger partial charge is 0.452 e. The van der Waals surface area contributed by atoms with Crippen molar-refractivity contribution in [3.05, 3.63) is 29.3 Å². The van der Waals surface area contributed by atoms with Crippen molar-refractivity contribution in [2.24, 2.45) is 0 Å². The van der Waals surface area contributed by atoms with Crippen LogP contribution in [0.4, 0.5) is 0 Å². The first-order valence-electron chi connectivity index (χ1n) is 10.4. The minimum absolute atomic E-state index is 0.0297. The number of ether oxygens (including phenoxy) is 1. The van der Waals surface area contributed by atoms with Gasteiger partial charge in [-0.15, -0.1) is 0 Å². The molecule has 8 heteroatoms. The van der Waals surface area contributed by atoms with Crippen molar-refractivity contribution in [1.29, 1.82) is 0 Å².